The lowest BCUT2D eigenvalue weighted by molar-refractivity contribution is -0.282. The summed E-state index contributed by atoms with van der Waals surface area (Å²) in [7, 11) is 2.73. The number of hydrogen-bond acceptors (Lipinski definition) is 11. The largest absolute Gasteiger partial charge is 0.467 e. The van der Waals surface area contributed by atoms with E-state index < -0.39 is 54.6 Å². The maximum absolute atomic E-state index is 12.4. The van der Waals surface area contributed by atoms with Crippen molar-refractivity contribution in [3.63, 3.8) is 0 Å². The van der Waals surface area contributed by atoms with E-state index in [1.165, 1.54) is 6.07 Å². The van der Waals surface area contributed by atoms with Crippen LogP contribution in [-0.2, 0) is 42.9 Å². The summed E-state index contributed by atoms with van der Waals surface area (Å²) in [6, 6.07) is 4.64. The predicted molar refractivity (Wildman–Crippen MR) is 109 cm³/mol. The van der Waals surface area contributed by atoms with Crippen LogP contribution < -0.4 is 10.1 Å². The average Bonchev–Trinajstić information content (AvgIpc) is 2.71. The highest BCUT2D eigenvalue weighted by Crippen LogP contribution is 2.34. The number of hydrogen-bond donors (Lipinski definition) is 1. The molecule has 1 aromatic carbocycles. The summed E-state index contributed by atoms with van der Waals surface area (Å²) in [5.74, 6) is -3.02. The van der Waals surface area contributed by atoms with Crippen LogP contribution in [-0.4, -0.2) is 68.7 Å². The van der Waals surface area contributed by atoms with Gasteiger partial charge in [-0.3, -0.25) is 14.4 Å². The summed E-state index contributed by atoms with van der Waals surface area (Å²) >= 11 is 6.00. The fraction of sp³-hybridized carbons (Fsp3) is 0.500. The molecule has 0 unspecified atom stereocenters. The summed E-state index contributed by atoms with van der Waals surface area (Å²) in [6.45, 7) is 3.32. The summed E-state index contributed by atoms with van der Waals surface area (Å²) < 4.78 is 32.1. The maximum Gasteiger partial charge on any atom is 0.339 e. The van der Waals surface area contributed by atoms with Crippen LogP contribution in [0.2, 0.25) is 5.02 Å². The fourth-order valence-electron chi connectivity index (χ4n) is 3.10. The van der Waals surface area contributed by atoms with E-state index >= 15 is 0 Å². The number of esters is 4. The van der Waals surface area contributed by atoms with Crippen molar-refractivity contribution in [3.8, 4) is 5.75 Å². The summed E-state index contributed by atoms with van der Waals surface area (Å²) in [4.78, 5) is 47.7. The molecule has 0 radical (unpaired) electrons. The first-order valence-electron chi connectivity index (χ1n) is 9.46. The molecule has 1 N–H and O–H groups in total. The number of carbonyl (C=O) groups excluding carboxylic acids is 4. The molecule has 0 aromatic heterocycles. The number of ether oxygens (including phenoxy) is 6. The van der Waals surface area contributed by atoms with Crippen molar-refractivity contribution in [1.29, 1.82) is 0 Å². The van der Waals surface area contributed by atoms with Crippen molar-refractivity contribution in [2.75, 3.05) is 19.5 Å². The van der Waals surface area contributed by atoms with E-state index in [9.17, 15) is 19.2 Å². The normalized spacial score (nSPS) is 24.6. The van der Waals surface area contributed by atoms with Crippen LogP contribution in [0.1, 0.15) is 20.8 Å². The lowest BCUT2D eigenvalue weighted by Crippen LogP contribution is -2.64. The number of carbonyl (C=O) groups is 4. The molecule has 11 nitrogen and oxygen atoms in total. The zero-order valence-electron chi connectivity index (χ0n) is 18.1. The Hall–Kier alpha value is -3.05. The Balaban J connectivity index is 2.54. The van der Waals surface area contributed by atoms with E-state index in [0.29, 0.717) is 10.7 Å². The highest BCUT2D eigenvalue weighted by Gasteiger charge is 2.55. The molecule has 32 heavy (non-hydrogen) atoms. The summed E-state index contributed by atoms with van der Waals surface area (Å²) in [5.41, 5.74) is 0.462. The van der Waals surface area contributed by atoms with E-state index in [2.05, 4.69) is 5.32 Å². The van der Waals surface area contributed by atoms with Crippen LogP contribution >= 0.6 is 11.6 Å². The van der Waals surface area contributed by atoms with Gasteiger partial charge in [0.1, 0.15) is 5.75 Å². The minimum Gasteiger partial charge on any atom is -0.467 e. The van der Waals surface area contributed by atoms with Crippen molar-refractivity contribution in [2.24, 2.45) is 0 Å². The molecule has 0 saturated carbocycles. The molecular formula is C20H24ClNO10. The van der Waals surface area contributed by atoms with E-state index in [-0.39, 0.29) is 5.75 Å². The third kappa shape index (κ3) is 6.24. The number of benzene rings is 1. The highest BCUT2D eigenvalue weighted by atomic mass is 35.5. The van der Waals surface area contributed by atoms with E-state index in [1.807, 2.05) is 0 Å². The second-order valence-electron chi connectivity index (χ2n) is 6.68. The zero-order chi connectivity index (χ0) is 24.0. The fourth-order valence-corrected chi connectivity index (χ4v) is 3.27. The van der Waals surface area contributed by atoms with Gasteiger partial charge < -0.3 is 33.7 Å². The first kappa shape index (κ1) is 25.2. The Kier molecular flexibility index (Phi) is 8.67. The van der Waals surface area contributed by atoms with Gasteiger partial charge in [0.05, 0.1) is 12.8 Å². The van der Waals surface area contributed by atoms with Crippen LogP contribution in [0, 0.1) is 0 Å². The molecule has 1 saturated heterocycles. The first-order chi connectivity index (χ1) is 15.1. The monoisotopic (exact) mass is 473 g/mol. The average molecular weight is 474 g/mol. The lowest BCUT2D eigenvalue weighted by Gasteiger charge is -2.43. The molecule has 0 aliphatic carbocycles. The number of halogens is 1. The van der Waals surface area contributed by atoms with Gasteiger partial charge in [0.15, 0.2) is 18.3 Å². The number of anilines is 1. The Morgan fingerprint density at radius 1 is 0.938 bits per heavy atom. The third-order valence-corrected chi connectivity index (χ3v) is 4.52. The standard InChI is InChI=1S/C20H24ClNO10/c1-9(23)28-15-16(29-10(2)24)18(30-11(3)25)20(32-17(15)19(26)27-5)31-14-7-6-12(21)8-13(14)22-4/h6-8,15-18,20,22H,1-5H3/t15-,16-,17-,18+,20+/m0/s1. The molecule has 2 rings (SSSR count). The Morgan fingerprint density at radius 3 is 2.03 bits per heavy atom. The second-order valence-corrected chi connectivity index (χ2v) is 7.12. The number of nitrogens with one attached hydrogen (secondary N) is 1. The van der Waals surface area contributed by atoms with Crippen molar-refractivity contribution in [1.82, 2.24) is 0 Å². The maximum atomic E-state index is 12.4. The van der Waals surface area contributed by atoms with Gasteiger partial charge in [-0.05, 0) is 18.2 Å². The number of rotatable bonds is 7. The zero-order valence-corrected chi connectivity index (χ0v) is 18.8. The summed E-state index contributed by atoms with van der Waals surface area (Å²) in [6.07, 6.45) is -7.31. The molecule has 1 aromatic rings. The molecule has 0 amide bonds. The van der Waals surface area contributed by atoms with Crippen molar-refractivity contribution < 1.29 is 47.6 Å². The van der Waals surface area contributed by atoms with Crippen LogP contribution in [0.25, 0.3) is 0 Å². The van der Waals surface area contributed by atoms with Crippen molar-refractivity contribution >= 4 is 41.2 Å². The lowest BCUT2D eigenvalue weighted by atomic mass is 9.97. The molecule has 5 atom stereocenters. The van der Waals surface area contributed by atoms with Gasteiger partial charge >= 0.3 is 23.9 Å². The molecule has 1 aliphatic rings. The van der Waals surface area contributed by atoms with Crippen molar-refractivity contribution in [3.05, 3.63) is 23.2 Å². The van der Waals surface area contributed by atoms with Crippen LogP contribution in [0.3, 0.4) is 0 Å². The van der Waals surface area contributed by atoms with Gasteiger partial charge in [-0.2, -0.15) is 0 Å². The molecule has 1 aliphatic heterocycles. The highest BCUT2D eigenvalue weighted by molar-refractivity contribution is 6.30. The van der Waals surface area contributed by atoms with Gasteiger partial charge in [0.2, 0.25) is 12.4 Å². The van der Waals surface area contributed by atoms with Gasteiger partial charge in [0, 0.05) is 32.8 Å². The number of methoxy groups -OCH3 is 1. The van der Waals surface area contributed by atoms with Gasteiger partial charge in [-0.25, -0.2) is 4.79 Å². The Morgan fingerprint density at radius 2 is 1.50 bits per heavy atom. The first-order valence-corrected chi connectivity index (χ1v) is 9.84. The minimum atomic E-state index is -1.55. The van der Waals surface area contributed by atoms with Gasteiger partial charge in [-0.15, -0.1) is 0 Å². The molecule has 0 spiro atoms. The van der Waals surface area contributed by atoms with Crippen LogP contribution in [0.15, 0.2) is 18.2 Å². The van der Waals surface area contributed by atoms with Gasteiger partial charge in [0.25, 0.3) is 0 Å². The van der Waals surface area contributed by atoms with E-state index in [0.717, 1.165) is 27.9 Å². The Bertz CT molecular complexity index is 876. The smallest absolute Gasteiger partial charge is 0.339 e. The molecule has 1 fully saturated rings. The SMILES string of the molecule is CNc1cc(Cl)ccc1O[C@@H]1O[C@H](C(=O)OC)[C@@H](OC(C)=O)[C@H](OC(C)=O)[C@H]1OC(C)=O. The molecule has 1 heterocycles. The molecule has 0 bridgehead atoms. The molecular weight excluding hydrogens is 450 g/mol. The topological polar surface area (TPSA) is 136 Å². The van der Waals surface area contributed by atoms with Crippen molar-refractivity contribution in [2.45, 2.75) is 51.5 Å². The van der Waals surface area contributed by atoms with Gasteiger partial charge in [-0.1, -0.05) is 11.6 Å². The minimum absolute atomic E-state index is 0.232. The Labute approximate surface area is 189 Å². The summed E-state index contributed by atoms with van der Waals surface area (Å²) in [5, 5.41) is 3.31. The predicted octanol–water partition coefficient (Wildman–Crippen LogP) is 1.45. The molecule has 12 heteroatoms. The van der Waals surface area contributed by atoms with Crippen LogP contribution in [0.4, 0.5) is 5.69 Å². The van der Waals surface area contributed by atoms with E-state index in [1.54, 1.807) is 19.2 Å². The quantitative estimate of drug-likeness (QED) is 0.455. The second kappa shape index (κ2) is 11.0. The van der Waals surface area contributed by atoms with E-state index in [4.69, 9.17) is 40.0 Å². The third-order valence-electron chi connectivity index (χ3n) is 4.29. The molecule has 176 valence electrons. The van der Waals surface area contributed by atoms with Crippen LogP contribution in [0.5, 0.6) is 5.75 Å².